The molecule has 0 radical (unpaired) electrons. The second-order valence-electron chi connectivity index (χ2n) is 12.5. The number of hydrogen-bond acceptors (Lipinski definition) is 9. The molecule has 3 aromatic carbocycles. The highest BCUT2D eigenvalue weighted by atomic mass is 35.5. The lowest BCUT2D eigenvalue weighted by Crippen LogP contribution is -2.44. The number of esters is 1. The standard InChI is InChI=1S/C35H38ClN3O7S2/c1-35(2,3)46-34(42)32-30(45-21-28(40)41)29(36)31(47-32)23-11-8-14-27(20-23)38-26-15-17-39(18-16-26)48(43,44)33(22-9-5-4-6-10-22)24-12-7-13-25(37)19-24/h4-14,19-20,26,33,38H,15-18,21,37H2,1-3H3,(H,40,41). The van der Waals surface area contributed by atoms with E-state index in [4.69, 9.17) is 31.9 Å². The highest BCUT2D eigenvalue weighted by Crippen LogP contribution is 2.46. The Bertz CT molecular complexity index is 1880. The minimum absolute atomic E-state index is 0.000150. The summed E-state index contributed by atoms with van der Waals surface area (Å²) in [5, 5.41) is 11.9. The van der Waals surface area contributed by atoms with Crippen LogP contribution in [-0.2, 0) is 19.6 Å². The maximum absolute atomic E-state index is 14.1. The first-order valence-corrected chi connectivity index (χ1v) is 18.1. The molecule has 4 N–H and O–H groups in total. The summed E-state index contributed by atoms with van der Waals surface area (Å²) >= 11 is 7.75. The van der Waals surface area contributed by atoms with Crippen LogP contribution in [0.4, 0.5) is 11.4 Å². The number of thiophene rings is 1. The predicted molar refractivity (Wildman–Crippen MR) is 189 cm³/mol. The number of piperidine rings is 1. The van der Waals surface area contributed by atoms with Gasteiger partial charge in [0.1, 0.15) is 15.9 Å². The Morgan fingerprint density at radius 2 is 1.69 bits per heavy atom. The van der Waals surface area contributed by atoms with Crippen LogP contribution in [0.3, 0.4) is 0 Å². The van der Waals surface area contributed by atoms with Crippen molar-refractivity contribution in [2.75, 3.05) is 30.7 Å². The van der Waals surface area contributed by atoms with Crippen molar-refractivity contribution in [1.29, 1.82) is 0 Å². The number of carbonyl (C=O) groups excluding carboxylic acids is 1. The van der Waals surface area contributed by atoms with Gasteiger partial charge in [-0.1, -0.05) is 66.2 Å². The van der Waals surface area contributed by atoms with Gasteiger partial charge in [-0.25, -0.2) is 22.3 Å². The van der Waals surface area contributed by atoms with Gasteiger partial charge in [0, 0.05) is 30.5 Å². The van der Waals surface area contributed by atoms with Gasteiger partial charge in [0.25, 0.3) is 0 Å². The molecule has 1 unspecified atom stereocenters. The van der Waals surface area contributed by atoms with Crippen LogP contribution in [0.1, 0.15) is 59.7 Å². The summed E-state index contributed by atoms with van der Waals surface area (Å²) in [6.45, 7) is 5.20. The zero-order chi connectivity index (χ0) is 34.6. The molecule has 1 aliphatic rings. The fraction of sp³-hybridized carbons (Fsp3) is 0.314. The fourth-order valence-corrected chi connectivity index (χ4v) is 9.03. The smallest absolute Gasteiger partial charge is 0.352 e. The average Bonchev–Trinajstić information content (AvgIpc) is 3.36. The number of carbonyl (C=O) groups is 2. The first-order chi connectivity index (χ1) is 22.7. The van der Waals surface area contributed by atoms with E-state index in [9.17, 15) is 18.0 Å². The molecule has 1 saturated heterocycles. The van der Waals surface area contributed by atoms with E-state index < -0.39 is 39.4 Å². The van der Waals surface area contributed by atoms with E-state index in [1.807, 2.05) is 54.6 Å². The number of nitrogens with one attached hydrogen (secondary N) is 1. The van der Waals surface area contributed by atoms with E-state index in [0.717, 1.165) is 17.0 Å². The first-order valence-electron chi connectivity index (χ1n) is 15.4. The highest BCUT2D eigenvalue weighted by Gasteiger charge is 2.37. The number of rotatable bonds is 11. The minimum atomic E-state index is -3.77. The van der Waals surface area contributed by atoms with Crippen LogP contribution in [0.2, 0.25) is 5.02 Å². The second-order valence-corrected chi connectivity index (χ2v) is 15.9. The Balaban J connectivity index is 1.33. The lowest BCUT2D eigenvalue weighted by molar-refractivity contribution is -0.139. The molecule has 0 saturated carbocycles. The number of sulfonamides is 1. The Hall–Kier alpha value is -4.10. The van der Waals surface area contributed by atoms with Gasteiger partial charge in [0.2, 0.25) is 10.0 Å². The Labute approximate surface area is 289 Å². The molecular weight excluding hydrogens is 674 g/mol. The molecule has 0 spiro atoms. The van der Waals surface area contributed by atoms with Gasteiger partial charge >= 0.3 is 11.9 Å². The van der Waals surface area contributed by atoms with Crippen molar-refractivity contribution in [3.05, 3.63) is 99.9 Å². The molecule has 1 atom stereocenters. The van der Waals surface area contributed by atoms with E-state index in [-0.39, 0.29) is 21.7 Å². The van der Waals surface area contributed by atoms with Crippen molar-refractivity contribution < 1.29 is 32.6 Å². The molecule has 5 rings (SSSR count). The van der Waals surface area contributed by atoms with Gasteiger partial charge in [-0.15, -0.1) is 11.3 Å². The van der Waals surface area contributed by atoms with Crippen LogP contribution in [0.15, 0.2) is 78.9 Å². The van der Waals surface area contributed by atoms with Crippen LogP contribution < -0.4 is 15.8 Å². The lowest BCUT2D eigenvalue weighted by atomic mass is 10.0. The number of nitrogens with two attached hydrogens (primary N) is 1. The fourth-order valence-electron chi connectivity index (χ4n) is 5.58. The van der Waals surface area contributed by atoms with Crippen molar-refractivity contribution in [2.24, 2.45) is 0 Å². The number of carboxylic acid groups (broad SMARTS) is 1. The maximum atomic E-state index is 14.1. The normalized spacial score (nSPS) is 15.1. The molecule has 0 amide bonds. The first kappa shape index (κ1) is 35.2. The van der Waals surface area contributed by atoms with E-state index in [1.54, 1.807) is 49.3 Å². The zero-order valence-corrected chi connectivity index (χ0v) is 29.2. The topological polar surface area (TPSA) is 148 Å². The second kappa shape index (κ2) is 14.6. The number of anilines is 2. The Morgan fingerprint density at radius 3 is 2.33 bits per heavy atom. The quantitative estimate of drug-likeness (QED) is 0.110. The van der Waals surface area contributed by atoms with Gasteiger partial charge in [-0.05, 0) is 74.6 Å². The number of nitrogens with zero attached hydrogens (tertiary/aromatic N) is 1. The summed E-state index contributed by atoms with van der Waals surface area (Å²) in [7, 11) is -3.77. The van der Waals surface area contributed by atoms with Crippen LogP contribution >= 0.6 is 22.9 Å². The summed E-state index contributed by atoms with van der Waals surface area (Å²) < 4.78 is 40.7. The van der Waals surface area contributed by atoms with Crippen LogP contribution in [0.25, 0.3) is 10.4 Å². The van der Waals surface area contributed by atoms with Gasteiger partial charge < -0.3 is 25.6 Å². The minimum Gasteiger partial charge on any atom is -0.479 e. The molecule has 48 heavy (non-hydrogen) atoms. The summed E-state index contributed by atoms with van der Waals surface area (Å²) in [6.07, 6.45) is 1.16. The van der Waals surface area contributed by atoms with Crippen molar-refractivity contribution in [3.8, 4) is 16.2 Å². The number of benzene rings is 3. The number of aliphatic carboxylic acids is 1. The molecule has 254 valence electrons. The molecule has 1 aliphatic heterocycles. The number of halogens is 1. The summed E-state index contributed by atoms with van der Waals surface area (Å²) in [6, 6.07) is 23.6. The SMILES string of the molecule is CC(C)(C)OC(=O)c1sc(-c2cccc(NC3CCN(S(=O)(=O)C(c4ccccc4)c4cccc(N)c4)CC3)c2)c(Cl)c1OCC(=O)O. The van der Waals surface area contributed by atoms with Gasteiger partial charge in [-0.2, -0.15) is 0 Å². The van der Waals surface area contributed by atoms with E-state index in [0.29, 0.717) is 53.2 Å². The van der Waals surface area contributed by atoms with Crippen LogP contribution in [0, 0.1) is 0 Å². The molecule has 10 nitrogen and oxygen atoms in total. The summed E-state index contributed by atoms with van der Waals surface area (Å²) in [4.78, 5) is 24.8. The number of nitrogen functional groups attached to an aromatic ring is 1. The molecule has 4 aromatic rings. The maximum Gasteiger partial charge on any atom is 0.352 e. The van der Waals surface area contributed by atoms with Crippen molar-refractivity contribution in [3.63, 3.8) is 0 Å². The molecule has 1 aromatic heterocycles. The van der Waals surface area contributed by atoms with Crippen molar-refractivity contribution in [2.45, 2.75) is 50.5 Å². The Kier molecular flexibility index (Phi) is 10.7. The van der Waals surface area contributed by atoms with Gasteiger partial charge in [-0.3, -0.25) is 0 Å². The Morgan fingerprint density at radius 1 is 1.02 bits per heavy atom. The van der Waals surface area contributed by atoms with Crippen LogP contribution in [0.5, 0.6) is 5.75 Å². The monoisotopic (exact) mass is 711 g/mol. The third-order valence-electron chi connectivity index (χ3n) is 7.66. The van der Waals surface area contributed by atoms with Crippen LogP contribution in [-0.4, -0.2) is 61.1 Å². The zero-order valence-electron chi connectivity index (χ0n) is 26.8. The third kappa shape index (κ3) is 8.30. The van der Waals surface area contributed by atoms with E-state index in [1.165, 1.54) is 0 Å². The molecular formula is C35H38ClN3O7S2. The number of hydrogen-bond donors (Lipinski definition) is 3. The highest BCUT2D eigenvalue weighted by molar-refractivity contribution is 7.89. The van der Waals surface area contributed by atoms with E-state index >= 15 is 0 Å². The molecule has 1 fully saturated rings. The lowest BCUT2D eigenvalue weighted by Gasteiger charge is -2.34. The number of carboxylic acids is 1. The van der Waals surface area contributed by atoms with Gasteiger partial charge in [0.15, 0.2) is 17.2 Å². The third-order valence-corrected chi connectivity index (χ3v) is 11.6. The van der Waals surface area contributed by atoms with Crippen molar-refractivity contribution in [1.82, 2.24) is 4.31 Å². The molecule has 2 heterocycles. The number of ether oxygens (including phenoxy) is 2. The largest absolute Gasteiger partial charge is 0.479 e. The van der Waals surface area contributed by atoms with Crippen molar-refractivity contribution >= 4 is 56.3 Å². The predicted octanol–water partition coefficient (Wildman–Crippen LogP) is 7.07. The van der Waals surface area contributed by atoms with Gasteiger partial charge in [0.05, 0.1) is 4.88 Å². The molecule has 0 aliphatic carbocycles. The summed E-state index contributed by atoms with van der Waals surface area (Å²) in [5.74, 6) is -1.91. The van der Waals surface area contributed by atoms with E-state index in [2.05, 4.69) is 5.32 Å². The average molecular weight is 712 g/mol. The molecule has 13 heteroatoms. The summed E-state index contributed by atoms with van der Waals surface area (Å²) in [5.41, 5.74) is 8.54. The molecule has 0 bridgehead atoms.